The summed E-state index contributed by atoms with van der Waals surface area (Å²) in [4.78, 5) is 16.3. The van der Waals surface area contributed by atoms with Crippen molar-refractivity contribution in [1.82, 2.24) is 14.8 Å². The molecule has 0 bridgehead atoms. The van der Waals surface area contributed by atoms with E-state index in [1.54, 1.807) is 18.7 Å². The smallest absolute Gasteiger partial charge is 0.413 e. The molecule has 2 aromatic heterocycles. The Kier molecular flexibility index (Phi) is 5.46. The van der Waals surface area contributed by atoms with Crippen LogP contribution in [0.3, 0.4) is 0 Å². The number of thiazole rings is 1. The van der Waals surface area contributed by atoms with Crippen molar-refractivity contribution in [2.24, 2.45) is 0 Å². The molecular weight excluding hydrogens is 364 g/mol. The number of nitrogens with zero attached hydrogens (tertiary/aromatic N) is 3. The first-order chi connectivity index (χ1) is 12.8. The molecule has 3 rings (SSSR count). The van der Waals surface area contributed by atoms with Gasteiger partial charge in [-0.1, -0.05) is 12.1 Å². The molecule has 8 heteroatoms. The third-order valence-electron chi connectivity index (χ3n) is 3.52. The number of nitrogens with one attached hydrogen (secondary N) is 1. The van der Waals surface area contributed by atoms with Crippen molar-refractivity contribution in [3.63, 3.8) is 0 Å². The van der Waals surface area contributed by atoms with Crippen LogP contribution in [0.4, 0.5) is 10.6 Å². The Morgan fingerprint density at radius 1 is 1.26 bits per heavy atom. The van der Waals surface area contributed by atoms with E-state index in [1.165, 1.54) is 11.3 Å². The lowest BCUT2D eigenvalue weighted by Gasteiger charge is -2.19. The third kappa shape index (κ3) is 5.30. The van der Waals surface area contributed by atoms with Crippen molar-refractivity contribution in [2.45, 2.75) is 32.9 Å². The molecule has 0 unspecified atom stereocenters. The van der Waals surface area contributed by atoms with E-state index in [0.29, 0.717) is 12.4 Å². The van der Waals surface area contributed by atoms with Gasteiger partial charge in [0.1, 0.15) is 22.2 Å². The van der Waals surface area contributed by atoms with Gasteiger partial charge in [0.25, 0.3) is 0 Å². The number of benzene rings is 1. The number of anilines is 1. The van der Waals surface area contributed by atoms with Crippen LogP contribution in [0.15, 0.2) is 42.0 Å². The Morgan fingerprint density at radius 3 is 2.67 bits per heavy atom. The number of hydrogen-bond acceptors (Lipinski definition) is 6. The summed E-state index contributed by atoms with van der Waals surface area (Å²) in [6.45, 7) is 6.10. The lowest BCUT2D eigenvalue weighted by Crippen LogP contribution is -2.27. The Hall–Kier alpha value is -2.87. The summed E-state index contributed by atoms with van der Waals surface area (Å²) in [6, 6.07) is 7.86. The van der Waals surface area contributed by atoms with Gasteiger partial charge < -0.3 is 9.47 Å². The zero-order valence-corrected chi connectivity index (χ0v) is 16.5. The van der Waals surface area contributed by atoms with Crippen molar-refractivity contribution in [1.29, 1.82) is 0 Å². The highest BCUT2D eigenvalue weighted by Gasteiger charge is 2.17. The van der Waals surface area contributed by atoms with Gasteiger partial charge in [-0.15, -0.1) is 11.3 Å². The monoisotopic (exact) mass is 386 g/mol. The van der Waals surface area contributed by atoms with E-state index in [-0.39, 0.29) is 0 Å². The number of hydrogen-bond donors (Lipinski definition) is 1. The summed E-state index contributed by atoms with van der Waals surface area (Å²) in [5.74, 6) is 1.29. The molecule has 27 heavy (non-hydrogen) atoms. The topological polar surface area (TPSA) is 78.3 Å². The second kappa shape index (κ2) is 7.79. The molecule has 0 aliphatic rings. The normalized spacial score (nSPS) is 11.3. The van der Waals surface area contributed by atoms with Crippen LogP contribution in [-0.2, 0) is 11.3 Å². The van der Waals surface area contributed by atoms with Crippen molar-refractivity contribution in [3.8, 4) is 16.3 Å². The predicted octanol–water partition coefficient (Wildman–Crippen LogP) is 4.41. The Balaban J connectivity index is 1.64. The molecule has 0 saturated carbocycles. The van der Waals surface area contributed by atoms with Crippen molar-refractivity contribution < 1.29 is 14.3 Å². The van der Waals surface area contributed by atoms with E-state index in [4.69, 9.17) is 9.47 Å². The van der Waals surface area contributed by atoms with Crippen LogP contribution >= 0.6 is 11.3 Å². The van der Waals surface area contributed by atoms with E-state index in [2.05, 4.69) is 15.4 Å². The van der Waals surface area contributed by atoms with Gasteiger partial charge in [0, 0.05) is 17.1 Å². The quantitative estimate of drug-likeness (QED) is 0.703. The largest absolute Gasteiger partial charge is 0.497 e. The van der Waals surface area contributed by atoms with Gasteiger partial charge in [-0.05, 0) is 38.5 Å². The zero-order chi connectivity index (χ0) is 19.4. The molecule has 0 radical (unpaired) electrons. The van der Waals surface area contributed by atoms with Gasteiger partial charge in [0.15, 0.2) is 0 Å². The van der Waals surface area contributed by atoms with Crippen molar-refractivity contribution in [2.75, 3.05) is 12.4 Å². The van der Waals surface area contributed by atoms with E-state index in [0.717, 1.165) is 21.9 Å². The Bertz CT molecular complexity index is 910. The number of aromatic nitrogens is 3. The molecule has 0 saturated heterocycles. The maximum Gasteiger partial charge on any atom is 0.413 e. The SMILES string of the molecule is COc1ccc(Cn2cc(-c3nc(NC(=O)OC(C)(C)C)cs3)cn2)cc1. The van der Waals surface area contributed by atoms with E-state index in [9.17, 15) is 4.79 Å². The lowest BCUT2D eigenvalue weighted by molar-refractivity contribution is 0.0635. The third-order valence-corrected chi connectivity index (χ3v) is 4.41. The fourth-order valence-electron chi connectivity index (χ4n) is 2.35. The molecule has 3 aromatic rings. The minimum atomic E-state index is -0.550. The van der Waals surface area contributed by atoms with Gasteiger partial charge >= 0.3 is 6.09 Å². The van der Waals surface area contributed by atoms with E-state index >= 15 is 0 Å². The number of rotatable bonds is 5. The molecule has 0 aliphatic carbocycles. The van der Waals surface area contributed by atoms with Crippen LogP contribution in [0, 0.1) is 0 Å². The Morgan fingerprint density at radius 2 is 2.00 bits per heavy atom. The average Bonchev–Trinajstić information content (AvgIpc) is 3.23. The maximum absolute atomic E-state index is 11.8. The van der Waals surface area contributed by atoms with E-state index < -0.39 is 11.7 Å². The fraction of sp³-hybridized carbons (Fsp3) is 0.316. The summed E-state index contributed by atoms with van der Waals surface area (Å²) in [7, 11) is 1.65. The predicted molar refractivity (Wildman–Crippen MR) is 105 cm³/mol. The molecule has 1 aromatic carbocycles. The lowest BCUT2D eigenvalue weighted by atomic mass is 10.2. The van der Waals surface area contributed by atoms with Crippen LogP contribution in [-0.4, -0.2) is 33.6 Å². The number of ether oxygens (including phenoxy) is 2. The summed E-state index contributed by atoms with van der Waals surface area (Å²) in [5.41, 5.74) is 1.47. The number of carbonyl (C=O) groups is 1. The second-order valence-corrected chi connectivity index (χ2v) is 7.80. The first-order valence-electron chi connectivity index (χ1n) is 8.44. The highest BCUT2D eigenvalue weighted by atomic mass is 32.1. The summed E-state index contributed by atoms with van der Waals surface area (Å²) in [5, 5.41) is 9.59. The van der Waals surface area contributed by atoms with Crippen molar-refractivity contribution >= 4 is 23.2 Å². The maximum atomic E-state index is 11.8. The van der Waals surface area contributed by atoms with Gasteiger partial charge in [-0.3, -0.25) is 10.00 Å². The van der Waals surface area contributed by atoms with Crippen LogP contribution in [0.25, 0.3) is 10.6 Å². The summed E-state index contributed by atoms with van der Waals surface area (Å²) in [6.07, 6.45) is 3.18. The molecule has 2 heterocycles. The van der Waals surface area contributed by atoms with Crippen LogP contribution in [0.5, 0.6) is 5.75 Å². The average molecular weight is 386 g/mol. The van der Waals surface area contributed by atoms with Gasteiger partial charge in [-0.2, -0.15) is 5.10 Å². The molecule has 142 valence electrons. The minimum Gasteiger partial charge on any atom is -0.497 e. The molecule has 1 amide bonds. The second-order valence-electron chi connectivity index (χ2n) is 6.94. The summed E-state index contributed by atoms with van der Waals surface area (Å²) >= 11 is 1.44. The molecule has 0 fully saturated rings. The Labute approximate surface area is 162 Å². The number of methoxy groups -OCH3 is 1. The van der Waals surface area contributed by atoms with Gasteiger partial charge in [-0.25, -0.2) is 9.78 Å². The van der Waals surface area contributed by atoms with Crippen molar-refractivity contribution in [3.05, 3.63) is 47.6 Å². The highest BCUT2D eigenvalue weighted by Crippen LogP contribution is 2.26. The van der Waals surface area contributed by atoms with Gasteiger partial charge in [0.2, 0.25) is 0 Å². The highest BCUT2D eigenvalue weighted by molar-refractivity contribution is 7.13. The molecule has 7 nitrogen and oxygen atoms in total. The van der Waals surface area contributed by atoms with Gasteiger partial charge in [0.05, 0.1) is 19.9 Å². The first kappa shape index (κ1) is 18.9. The minimum absolute atomic E-state index is 0.465. The zero-order valence-electron chi connectivity index (χ0n) is 15.7. The molecule has 1 N–H and O–H groups in total. The van der Waals surface area contributed by atoms with Crippen LogP contribution in [0.2, 0.25) is 0 Å². The number of carbonyl (C=O) groups excluding carboxylic acids is 1. The molecule has 0 spiro atoms. The first-order valence-corrected chi connectivity index (χ1v) is 9.32. The molecular formula is C19H22N4O3S. The molecule has 0 aliphatic heterocycles. The summed E-state index contributed by atoms with van der Waals surface area (Å²) < 4.78 is 12.2. The van der Waals surface area contributed by atoms with Crippen LogP contribution in [0.1, 0.15) is 26.3 Å². The molecule has 0 atom stereocenters. The van der Waals surface area contributed by atoms with Crippen LogP contribution < -0.4 is 10.1 Å². The van der Waals surface area contributed by atoms with E-state index in [1.807, 2.05) is 55.9 Å². The fourth-order valence-corrected chi connectivity index (χ4v) is 3.08. The standard InChI is InChI=1S/C19H22N4O3S/c1-19(2,3)26-18(24)22-16-12-27-17(21-16)14-9-20-23(11-14)10-13-5-7-15(25-4)8-6-13/h5-9,11-12H,10H2,1-4H3,(H,22,24). The number of amides is 1.